The Balaban J connectivity index is 2.96. The van der Waals surface area contributed by atoms with Crippen molar-refractivity contribution in [2.45, 2.75) is 24.8 Å². The fourth-order valence-electron chi connectivity index (χ4n) is 1.68. The van der Waals surface area contributed by atoms with Crippen molar-refractivity contribution in [1.82, 2.24) is 14.9 Å². The molecule has 0 spiro atoms. The first kappa shape index (κ1) is 19.8. The Morgan fingerprint density at radius 3 is 2.39 bits per heavy atom. The van der Waals surface area contributed by atoms with Crippen molar-refractivity contribution in [3.63, 3.8) is 0 Å². The highest BCUT2D eigenvalue weighted by Gasteiger charge is 2.20. The van der Waals surface area contributed by atoms with Crippen molar-refractivity contribution in [2.24, 2.45) is 0 Å². The molecule has 0 aliphatic carbocycles. The summed E-state index contributed by atoms with van der Waals surface area (Å²) in [5.41, 5.74) is 0.214. The Bertz CT molecular complexity index is 702. The van der Waals surface area contributed by atoms with Crippen LogP contribution in [-0.2, 0) is 14.8 Å². The van der Waals surface area contributed by atoms with Crippen LogP contribution in [0.15, 0.2) is 23.1 Å². The molecular formula is C14H20IN3O4S. The third-order valence-electron chi connectivity index (χ3n) is 2.82. The predicted octanol–water partition coefficient (Wildman–Crippen LogP) is 0.796. The highest BCUT2D eigenvalue weighted by Crippen LogP contribution is 2.19. The lowest BCUT2D eigenvalue weighted by atomic mass is 10.2. The molecule has 2 N–H and O–H groups in total. The van der Waals surface area contributed by atoms with E-state index in [0.717, 1.165) is 4.31 Å². The average Bonchev–Trinajstić information content (AvgIpc) is 2.44. The van der Waals surface area contributed by atoms with E-state index in [1.54, 1.807) is 6.07 Å². The van der Waals surface area contributed by atoms with Crippen molar-refractivity contribution < 1.29 is 18.0 Å². The van der Waals surface area contributed by atoms with Crippen molar-refractivity contribution in [1.29, 1.82) is 0 Å². The van der Waals surface area contributed by atoms with E-state index in [0.29, 0.717) is 3.57 Å². The van der Waals surface area contributed by atoms with E-state index in [4.69, 9.17) is 0 Å². The minimum absolute atomic E-state index is 0.0203. The molecule has 23 heavy (non-hydrogen) atoms. The summed E-state index contributed by atoms with van der Waals surface area (Å²) in [5.74, 6) is -0.801. The van der Waals surface area contributed by atoms with Crippen LogP contribution in [0.2, 0.25) is 0 Å². The van der Waals surface area contributed by atoms with Gasteiger partial charge in [-0.05, 0) is 54.6 Å². The van der Waals surface area contributed by atoms with Gasteiger partial charge in [0.15, 0.2) is 0 Å². The van der Waals surface area contributed by atoms with Gasteiger partial charge >= 0.3 is 0 Å². The number of halogens is 1. The number of rotatable bonds is 6. The van der Waals surface area contributed by atoms with Crippen molar-refractivity contribution in [2.75, 3.05) is 20.6 Å². The van der Waals surface area contributed by atoms with Crippen molar-refractivity contribution in [3.05, 3.63) is 27.3 Å². The molecule has 128 valence electrons. The van der Waals surface area contributed by atoms with Crippen LogP contribution in [0.5, 0.6) is 0 Å². The van der Waals surface area contributed by atoms with Gasteiger partial charge in [-0.1, -0.05) is 0 Å². The lowest BCUT2D eigenvalue weighted by molar-refractivity contribution is -0.120. The van der Waals surface area contributed by atoms with E-state index in [1.165, 1.54) is 26.2 Å². The van der Waals surface area contributed by atoms with Gasteiger partial charge in [-0.2, -0.15) is 0 Å². The third kappa shape index (κ3) is 5.43. The molecule has 0 heterocycles. The number of carbonyl (C=O) groups is 2. The molecule has 0 aromatic heterocycles. The van der Waals surface area contributed by atoms with Crippen LogP contribution in [0.1, 0.15) is 24.2 Å². The first-order chi connectivity index (χ1) is 10.6. The first-order valence-corrected chi connectivity index (χ1v) is 9.37. The number of carbonyl (C=O) groups excluding carboxylic acids is 2. The van der Waals surface area contributed by atoms with E-state index in [1.807, 2.05) is 36.4 Å². The third-order valence-corrected chi connectivity index (χ3v) is 5.57. The van der Waals surface area contributed by atoms with Gasteiger partial charge in [-0.3, -0.25) is 9.59 Å². The van der Waals surface area contributed by atoms with Gasteiger partial charge in [0.25, 0.3) is 5.91 Å². The van der Waals surface area contributed by atoms with Gasteiger partial charge in [0.1, 0.15) is 0 Å². The summed E-state index contributed by atoms with van der Waals surface area (Å²) in [4.78, 5) is 23.8. The van der Waals surface area contributed by atoms with E-state index < -0.39 is 15.9 Å². The maximum absolute atomic E-state index is 12.2. The lowest BCUT2D eigenvalue weighted by Gasteiger charge is -2.13. The zero-order chi connectivity index (χ0) is 17.8. The summed E-state index contributed by atoms with van der Waals surface area (Å²) in [7, 11) is -0.786. The molecule has 0 saturated heterocycles. The van der Waals surface area contributed by atoms with E-state index in [9.17, 15) is 18.0 Å². The molecule has 0 atom stereocenters. The highest BCUT2D eigenvalue weighted by atomic mass is 127. The Morgan fingerprint density at radius 2 is 1.87 bits per heavy atom. The van der Waals surface area contributed by atoms with Crippen LogP contribution in [0.3, 0.4) is 0 Å². The number of nitrogens with zero attached hydrogens (tertiary/aromatic N) is 1. The summed E-state index contributed by atoms with van der Waals surface area (Å²) in [6.45, 7) is 3.47. The number of hydrogen-bond acceptors (Lipinski definition) is 4. The minimum atomic E-state index is -3.63. The Morgan fingerprint density at radius 1 is 1.26 bits per heavy atom. The molecule has 7 nitrogen and oxygen atoms in total. The van der Waals surface area contributed by atoms with Crippen LogP contribution in [0.25, 0.3) is 0 Å². The van der Waals surface area contributed by atoms with Gasteiger partial charge in [-0.25, -0.2) is 12.7 Å². The molecule has 0 radical (unpaired) electrons. The van der Waals surface area contributed by atoms with Gasteiger partial charge < -0.3 is 10.6 Å². The Hall–Kier alpha value is -1.20. The molecule has 0 fully saturated rings. The summed E-state index contributed by atoms with van der Waals surface area (Å²) in [5, 5.41) is 5.15. The van der Waals surface area contributed by atoms with Crippen LogP contribution in [0, 0.1) is 3.57 Å². The highest BCUT2D eigenvalue weighted by molar-refractivity contribution is 14.1. The number of nitrogens with one attached hydrogen (secondary N) is 2. The monoisotopic (exact) mass is 453 g/mol. The number of hydrogen-bond donors (Lipinski definition) is 2. The summed E-state index contributed by atoms with van der Waals surface area (Å²) >= 11 is 1.94. The second-order valence-corrected chi connectivity index (χ2v) is 8.65. The second kappa shape index (κ2) is 8.06. The molecule has 1 aromatic carbocycles. The van der Waals surface area contributed by atoms with E-state index in [2.05, 4.69) is 10.6 Å². The molecule has 0 aliphatic heterocycles. The Kier molecular flexibility index (Phi) is 6.96. The van der Waals surface area contributed by atoms with Gasteiger partial charge in [0.05, 0.1) is 17.0 Å². The molecular weight excluding hydrogens is 433 g/mol. The molecule has 1 rings (SSSR count). The van der Waals surface area contributed by atoms with Crippen molar-refractivity contribution >= 4 is 44.4 Å². The van der Waals surface area contributed by atoms with Crippen LogP contribution < -0.4 is 10.6 Å². The molecule has 0 unspecified atom stereocenters. The Labute approximate surface area is 150 Å². The van der Waals surface area contributed by atoms with Gasteiger partial charge in [-0.15, -0.1) is 0 Å². The zero-order valence-corrected chi connectivity index (χ0v) is 16.4. The van der Waals surface area contributed by atoms with Gasteiger partial charge in [0, 0.05) is 23.7 Å². The molecule has 0 bridgehead atoms. The first-order valence-electron chi connectivity index (χ1n) is 6.85. The van der Waals surface area contributed by atoms with E-state index in [-0.39, 0.29) is 29.0 Å². The second-order valence-electron chi connectivity index (χ2n) is 5.33. The van der Waals surface area contributed by atoms with Crippen LogP contribution >= 0.6 is 22.6 Å². The zero-order valence-electron chi connectivity index (χ0n) is 13.4. The van der Waals surface area contributed by atoms with Gasteiger partial charge in [0.2, 0.25) is 15.9 Å². The number of sulfonamides is 1. The normalized spacial score (nSPS) is 11.6. The maximum atomic E-state index is 12.2. The topological polar surface area (TPSA) is 95.6 Å². The molecule has 1 aromatic rings. The molecule has 0 aliphatic rings. The molecule has 0 saturated carbocycles. The fourth-order valence-corrected chi connectivity index (χ4v) is 3.19. The number of benzene rings is 1. The predicted molar refractivity (Wildman–Crippen MR) is 95.6 cm³/mol. The summed E-state index contributed by atoms with van der Waals surface area (Å²) in [6, 6.07) is 4.29. The van der Waals surface area contributed by atoms with E-state index >= 15 is 0 Å². The number of amides is 2. The standard InChI is InChI=1S/C14H20IN3O4S/c1-9(2)17-13(19)8-16-14(20)11-7-10(5-6-12(11)15)23(21,22)18(3)4/h5-7,9H,8H2,1-4H3,(H,16,20)(H,17,19). The molecule has 2 amide bonds. The largest absolute Gasteiger partial charge is 0.352 e. The molecule has 9 heteroatoms. The summed E-state index contributed by atoms with van der Waals surface area (Å²) < 4.78 is 25.9. The quantitative estimate of drug-likeness (QED) is 0.623. The van der Waals surface area contributed by atoms with Crippen LogP contribution in [0.4, 0.5) is 0 Å². The fraction of sp³-hybridized carbons (Fsp3) is 0.429. The summed E-state index contributed by atoms with van der Waals surface area (Å²) in [6.07, 6.45) is 0. The SMILES string of the molecule is CC(C)NC(=O)CNC(=O)c1cc(S(=O)(=O)N(C)C)ccc1I. The average molecular weight is 453 g/mol. The maximum Gasteiger partial charge on any atom is 0.252 e. The van der Waals surface area contributed by atoms with Crippen molar-refractivity contribution in [3.8, 4) is 0 Å². The smallest absolute Gasteiger partial charge is 0.252 e. The lowest BCUT2D eigenvalue weighted by Crippen LogP contribution is -2.40. The van der Waals surface area contributed by atoms with Crippen LogP contribution in [-0.4, -0.2) is 51.2 Å². The minimum Gasteiger partial charge on any atom is -0.352 e.